The Balaban J connectivity index is 0.0000112. The first-order valence-corrected chi connectivity index (χ1v) is 17.7. The maximum atomic E-state index is 13.0. The number of H-pyrrole nitrogens is 2. The summed E-state index contributed by atoms with van der Waals surface area (Å²) in [6.45, 7) is 7.85. The number of hydrogen-bond acceptors (Lipinski definition) is 14. The van der Waals surface area contributed by atoms with Crippen molar-refractivity contribution in [2.75, 3.05) is 85.5 Å². The van der Waals surface area contributed by atoms with Gasteiger partial charge in [0, 0.05) is 63.8 Å². The number of rotatable bonds is 23. The third-order valence-electron chi connectivity index (χ3n) is 8.03. The summed E-state index contributed by atoms with van der Waals surface area (Å²) in [5.74, 6) is -6.00. The number of nitrogens with one attached hydrogen (secondary N) is 6. The van der Waals surface area contributed by atoms with E-state index in [1.54, 1.807) is 18.7 Å². The fourth-order valence-electron chi connectivity index (χ4n) is 5.18. The molecule has 57 heavy (non-hydrogen) atoms. The van der Waals surface area contributed by atoms with Crippen molar-refractivity contribution in [3.63, 3.8) is 0 Å². The molecular weight excluding hydrogens is 896 g/mol. The first kappa shape index (κ1) is 48.5. The second-order valence-electron chi connectivity index (χ2n) is 12.2. The minimum Gasteiger partial charge on any atom is -0.504 e. The number of carbonyl (C=O) groups is 4. The zero-order valence-electron chi connectivity index (χ0n) is 31.8. The normalized spacial score (nSPS) is 10.8. The SMILES string of the molecule is CCOCCOCCOCCNC(=O)c1ccc(C(=O)NCCN(CCNC(=O)c2cc(C)[nH]c(=O)c2O)CCNC(=O)c2cc(C)[nH]c(=O)c2O)c(O)c1O.[Gd+3]. The van der Waals surface area contributed by atoms with Gasteiger partial charge < -0.3 is 65.9 Å². The largest absolute Gasteiger partial charge is 3.00 e. The van der Waals surface area contributed by atoms with Crippen LogP contribution in [0.1, 0.15) is 59.7 Å². The predicted molar refractivity (Wildman–Crippen MR) is 201 cm³/mol. The van der Waals surface area contributed by atoms with E-state index in [0.717, 1.165) is 0 Å². The molecule has 0 fully saturated rings. The van der Waals surface area contributed by atoms with Crippen LogP contribution in [0.15, 0.2) is 33.9 Å². The molecule has 2 heterocycles. The van der Waals surface area contributed by atoms with Gasteiger partial charge in [-0.2, -0.15) is 0 Å². The van der Waals surface area contributed by atoms with Gasteiger partial charge in [-0.15, -0.1) is 0 Å². The van der Waals surface area contributed by atoms with Crippen LogP contribution in [0.2, 0.25) is 0 Å². The van der Waals surface area contributed by atoms with E-state index in [1.165, 1.54) is 24.3 Å². The van der Waals surface area contributed by atoms with E-state index in [-0.39, 0.29) is 115 Å². The molecule has 3 aromatic rings. The summed E-state index contributed by atoms with van der Waals surface area (Å²) < 4.78 is 15.9. The van der Waals surface area contributed by atoms with Gasteiger partial charge in [0.25, 0.3) is 34.7 Å². The maximum absolute atomic E-state index is 13.0. The van der Waals surface area contributed by atoms with Gasteiger partial charge in [-0.25, -0.2) is 0 Å². The zero-order valence-corrected chi connectivity index (χ0v) is 34.0. The number of phenolic OH excluding ortho intramolecular Hbond substituents is 2. The second-order valence-corrected chi connectivity index (χ2v) is 12.2. The first-order valence-electron chi connectivity index (χ1n) is 17.7. The van der Waals surface area contributed by atoms with Crippen LogP contribution in [-0.4, -0.2) is 144 Å². The summed E-state index contributed by atoms with van der Waals surface area (Å²) in [6, 6.07) is 4.99. The van der Waals surface area contributed by atoms with Crippen molar-refractivity contribution < 1.29 is 93.8 Å². The van der Waals surface area contributed by atoms with Gasteiger partial charge in [-0.1, -0.05) is 0 Å². The Bertz CT molecular complexity index is 1870. The molecule has 3 rings (SSSR count). The Morgan fingerprint density at radius 2 is 0.912 bits per heavy atom. The van der Waals surface area contributed by atoms with Crippen molar-refractivity contribution in [1.29, 1.82) is 0 Å². The van der Waals surface area contributed by atoms with Crippen molar-refractivity contribution in [2.24, 2.45) is 0 Å². The van der Waals surface area contributed by atoms with E-state index in [1.807, 2.05) is 6.92 Å². The summed E-state index contributed by atoms with van der Waals surface area (Å²) in [5, 5.41) is 51.6. The molecule has 20 nitrogen and oxygen atoms in total. The number of aromatic amines is 2. The number of aromatic hydroxyl groups is 4. The van der Waals surface area contributed by atoms with Gasteiger partial charge in [0.05, 0.1) is 55.3 Å². The smallest absolute Gasteiger partial charge is 0.504 e. The van der Waals surface area contributed by atoms with Gasteiger partial charge in [0.2, 0.25) is 0 Å². The standard InChI is InChI=1S/C36H49N7O13.Gd/c1-4-54-15-16-56-18-17-55-14-10-40-32(49)24-6-5-23(27(44)28(24)45)31(48)37-7-11-43(12-8-38-33(50)25-19-21(2)41-35(52)29(25)46)13-9-39-34(51)26-20-22(3)42-36(53)30(26)47;/h5-6,19-20,44-47H,4,7-18H2,1-3H3,(H,37,48)(H,38,50)(H,39,51)(H,40,49)(H,41,52)(H,42,53);/q;+3. The average molecular weight is 945 g/mol. The quantitative estimate of drug-likeness (QED) is 0.0412. The number of carbonyl (C=O) groups excluding carboxylic acids is 4. The van der Waals surface area contributed by atoms with Crippen LogP contribution in [0.5, 0.6) is 23.0 Å². The number of ether oxygens (including phenoxy) is 3. The second kappa shape index (κ2) is 24.9. The van der Waals surface area contributed by atoms with Crippen LogP contribution in [0.4, 0.5) is 0 Å². The Labute approximate surface area is 359 Å². The van der Waals surface area contributed by atoms with Crippen molar-refractivity contribution in [3.05, 3.63) is 78.6 Å². The molecule has 1 radical (unpaired) electrons. The molecule has 0 atom stereocenters. The number of hydrogen-bond donors (Lipinski definition) is 10. The molecule has 0 aliphatic rings. The molecule has 311 valence electrons. The Morgan fingerprint density at radius 3 is 1.32 bits per heavy atom. The van der Waals surface area contributed by atoms with Gasteiger partial charge >= 0.3 is 39.9 Å². The summed E-state index contributed by atoms with van der Waals surface area (Å²) in [7, 11) is 0. The maximum Gasteiger partial charge on any atom is 3.00 e. The van der Waals surface area contributed by atoms with Crippen molar-refractivity contribution in [3.8, 4) is 23.0 Å². The van der Waals surface area contributed by atoms with Crippen LogP contribution in [0.3, 0.4) is 0 Å². The Morgan fingerprint density at radius 1 is 0.561 bits per heavy atom. The molecule has 0 saturated heterocycles. The monoisotopic (exact) mass is 945 g/mol. The summed E-state index contributed by atoms with van der Waals surface area (Å²) in [5.41, 5.74) is -1.95. The molecule has 21 heteroatoms. The van der Waals surface area contributed by atoms with E-state index < -0.39 is 57.7 Å². The van der Waals surface area contributed by atoms with Gasteiger partial charge in [-0.3, -0.25) is 33.7 Å². The molecule has 1 aromatic carbocycles. The minimum absolute atomic E-state index is 0. The van der Waals surface area contributed by atoms with E-state index in [4.69, 9.17) is 14.2 Å². The zero-order chi connectivity index (χ0) is 41.2. The fourth-order valence-corrected chi connectivity index (χ4v) is 5.18. The number of nitrogens with zero attached hydrogens (tertiary/aromatic N) is 1. The number of phenols is 2. The molecule has 0 aliphatic heterocycles. The molecule has 0 saturated carbocycles. The third-order valence-corrected chi connectivity index (χ3v) is 8.03. The third kappa shape index (κ3) is 15.3. The number of aryl methyl sites for hydroxylation is 2. The van der Waals surface area contributed by atoms with Gasteiger partial charge in [0.1, 0.15) is 0 Å². The van der Waals surface area contributed by atoms with Crippen LogP contribution in [0.25, 0.3) is 0 Å². The van der Waals surface area contributed by atoms with E-state index in [0.29, 0.717) is 44.4 Å². The first-order chi connectivity index (χ1) is 26.7. The summed E-state index contributed by atoms with van der Waals surface area (Å²) in [4.78, 5) is 81.3. The Hall–Kier alpha value is -4.64. The predicted octanol–water partition coefficient (Wildman–Crippen LogP) is -0.806. The fraction of sp³-hybridized carbons (Fsp3) is 0.444. The van der Waals surface area contributed by atoms with Crippen LogP contribution in [0, 0.1) is 53.8 Å². The van der Waals surface area contributed by atoms with Crippen molar-refractivity contribution >= 4 is 23.6 Å². The molecule has 2 aromatic heterocycles. The minimum atomic E-state index is -0.824. The number of pyridine rings is 2. The average Bonchev–Trinajstić information content (AvgIpc) is 3.15. The van der Waals surface area contributed by atoms with Crippen LogP contribution >= 0.6 is 0 Å². The summed E-state index contributed by atoms with van der Waals surface area (Å²) >= 11 is 0. The number of amides is 4. The topological polar surface area (TPSA) is 294 Å². The molecule has 0 bridgehead atoms. The van der Waals surface area contributed by atoms with E-state index in [2.05, 4.69) is 31.2 Å². The number of aromatic nitrogens is 2. The van der Waals surface area contributed by atoms with Gasteiger partial charge in [0.15, 0.2) is 23.0 Å². The van der Waals surface area contributed by atoms with Crippen molar-refractivity contribution in [1.82, 2.24) is 36.1 Å². The number of benzene rings is 1. The Kier molecular flexibility index (Phi) is 21.2. The molecule has 4 amide bonds. The van der Waals surface area contributed by atoms with Crippen molar-refractivity contribution in [2.45, 2.75) is 20.8 Å². The summed E-state index contributed by atoms with van der Waals surface area (Å²) in [6.07, 6.45) is 0. The van der Waals surface area contributed by atoms with Gasteiger partial charge in [-0.05, 0) is 45.0 Å². The molecule has 10 N–H and O–H groups in total. The van der Waals surface area contributed by atoms with E-state index in [9.17, 15) is 49.2 Å². The van der Waals surface area contributed by atoms with Crippen LogP contribution < -0.4 is 32.4 Å². The molecule has 0 unspecified atom stereocenters. The molecule has 0 aliphatic carbocycles. The molecular formula is C36H49GdN7O13+3. The molecule has 0 spiro atoms. The van der Waals surface area contributed by atoms with E-state index >= 15 is 0 Å². The van der Waals surface area contributed by atoms with Crippen LogP contribution in [-0.2, 0) is 14.2 Å².